The number of nitrogens with zero attached hydrogens (tertiary/aromatic N) is 4. The maximum atomic E-state index is 6.45. The van der Waals surface area contributed by atoms with Gasteiger partial charge >= 0.3 is 0 Å². The molecule has 0 amide bonds. The standard InChI is InChI=1S/C62H36N4O2S/c1-3-11-39-29-43-31-45(19-17-41(43)27-37(39)9-1)65(47-21-23-51-49-13-5-7-15-55(49)67-57(51)33-47)60-26-25-53-54-36-63-61(35-59(54)69-62(53)64-60)66(48-22-24-52-50-14-6-8-16-56(50)68-58(52)34-48)46-20-18-42-28-38-10-2-4-12-40(38)30-44(42)32-46/h1-36H. The highest BCUT2D eigenvalue weighted by atomic mass is 32.1. The van der Waals surface area contributed by atoms with Gasteiger partial charge in [0.05, 0.1) is 11.4 Å². The van der Waals surface area contributed by atoms with Gasteiger partial charge in [-0.1, -0.05) is 97.1 Å². The van der Waals surface area contributed by atoms with Gasteiger partial charge in [0.15, 0.2) is 0 Å². The second-order valence-electron chi connectivity index (χ2n) is 17.9. The second kappa shape index (κ2) is 14.7. The molecule has 0 unspecified atom stereocenters. The molecule has 0 radical (unpaired) electrons. The van der Waals surface area contributed by atoms with Crippen molar-refractivity contribution in [1.82, 2.24) is 9.97 Å². The first-order chi connectivity index (χ1) is 34.1. The highest BCUT2D eigenvalue weighted by Crippen LogP contribution is 2.44. The van der Waals surface area contributed by atoms with E-state index in [4.69, 9.17) is 18.8 Å². The van der Waals surface area contributed by atoms with E-state index in [1.807, 2.05) is 30.5 Å². The molecule has 6 nitrogen and oxygen atoms in total. The average Bonchev–Trinajstić information content (AvgIpc) is 4.08. The van der Waals surface area contributed by atoms with Crippen molar-refractivity contribution < 1.29 is 8.83 Å². The number of thiophene rings is 1. The van der Waals surface area contributed by atoms with Crippen molar-refractivity contribution in [2.45, 2.75) is 0 Å². The van der Waals surface area contributed by atoms with Crippen molar-refractivity contribution in [3.05, 3.63) is 219 Å². The third-order valence-corrected chi connectivity index (χ3v) is 14.8. The Morgan fingerprint density at radius 3 is 1.32 bits per heavy atom. The molecule has 0 atom stereocenters. The Morgan fingerprint density at radius 2 is 0.754 bits per heavy atom. The summed E-state index contributed by atoms with van der Waals surface area (Å²) in [6.45, 7) is 0. The summed E-state index contributed by atoms with van der Waals surface area (Å²) in [6.07, 6.45) is 2.01. The molecule has 0 aliphatic rings. The molecule has 0 saturated heterocycles. The van der Waals surface area contributed by atoms with Gasteiger partial charge in [-0.3, -0.25) is 9.80 Å². The highest BCUT2D eigenvalue weighted by molar-refractivity contribution is 7.25. The summed E-state index contributed by atoms with van der Waals surface area (Å²) >= 11 is 1.68. The number of fused-ring (bicyclic) bond motifs is 13. The van der Waals surface area contributed by atoms with Crippen molar-refractivity contribution in [3.8, 4) is 0 Å². The minimum absolute atomic E-state index is 0.800. The number of anilines is 6. The molecule has 322 valence electrons. The number of para-hydroxylation sites is 2. The molecule has 69 heavy (non-hydrogen) atoms. The van der Waals surface area contributed by atoms with Crippen molar-refractivity contribution in [3.63, 3.8) is 0 Å². The molecule has 0 spiro atoms. The highest BCUT2D eigenvalue weighted by Gasteiger charge is 2.22. The molecule has 10 aromatic carbocycles. The average molecular weight is 901 g/mol. The first kappa shape index (κ1) is 38.1. The lowest BCUT2D eigenvalue weighted by atomic mass is 10.0. The quantitative estimate of drug-likeness (QED) is 0.155. The largest absolute Gasteiger partial charge is 0.456 e. The Morgan fingerprint density at radius 1 is 0.319 bits per heavy atom. The van der Waals surface area contributed by atoms with Gasteiger partial charge in [0.25, 0.3) is 0 Å². The lowest BCUT2D eigenvalue weighted by Crippen LogP contribution is -2.11. The van der Waals surface area contributed by atoms with E-state index in [9.17, 15) is 0 Å². The van der Waals surface area contributed by atoms with E-state index in [1.165, 1.54) is 32.3 Å². The van der Waals surface area contributed by atoms with Crippen LogP contribution in [0.25, 0.3) is 107 Å². The van der Waals surface area contributed by atoms with Gasteiger partial charge in [-0.05, 0) is 146 Å². The summed E-state index contributed by atoms with van der Waals surface area (Å²) < 4.78 is 14.0. The van der Waals surface area contributed by atoms with Gasteiger partial charge in [-0.15, -0.1) is 11.3 Å². The van der Waals surface area contributed by atoms with Gasteiger partial charge < -0.3 is 8.83 Å². The van der Waals surface area contributed by atoms with Gasteiger partial charge in [0.1, 0.15) is 38.8 Å². The van der Waals surface area contributed by atoms with Crippen molar-refractivity contribution in [2.24, 2.45) is 0 Å². The Hall–Kier alpha value is -9.04. The van der Waals surface area contributed by atoms with Crippen LogP contribution in [0.15, 0.2) is 227 Å². The fraction of sp³-hybridized carbons (Fsp3) is 0. The minimum atomic E-state index is 0.800. The van der Waals surface area contributed by atoms with Crippen LogP contribution in [0.1, 0.15) is 0 Å². The number of hydrogen-bond acceptors (Lipinski definition) is 7. The number of benzene rings is 10. The first-order valence-electron chi connectivity index (χ1n) is 23.1. The maximum Gasteiger partial charge on any atom is 0.139 e. The van der Waals surface area contributed by atoms with Crippen LogP contribution in [0.2, 0.25) is 0 Å². The third kappa shape index (κ3) is 6.11. The SMILES string of the molecule is c1ccc2cc3cc(N(c4ccc5c(c4)oc4ccccc45)c4cc5sc6nc(N(c7ccc8cc9ccccc9cc8c7)c7ccc8c(c7)oc7ccccc78)ccc6c5cn4)ccc3cc2c1. The molecule has 0 aliphatic carbocycles. The summed E-state index contributed by atoms with van der Waals surface area (Å²) in [5.74, 6) is 1.61. The zero-order valence-electron chi connectivity index (χ0n) is 36.8. The molecule has 15 aromatic rings. The molecule has 0 aliphatic heterocycles. The number of furan rings is 2. The summed E-state index contributed by atoms with van der Waals surface area (Å²) in [5.41, 5.74) is 7.31. The summed E-state index contributed by atoms with van der Waals surface area (Å²) in [4.78, 5) is 16.1. The molecule has 0 saturated carbocycles. The smallest absolute Gasteiger partial charge is 0.139 e. The second-order valence-corrected chi connectivity index (χ2v) is 18.9. The van der Waals surface area contributed by atoms with Crippen LogP contribution in [0.3, 0.4) is 0 Å². The Labute approximate surface area is 398 Å². The van der Waals surface area contributed by atoms with E-state index < -0.39 is 0 Å². The molecular formula is C62H36N4O2S. The topological polar surface area (TPSA) is 58.5 Å². The predicted octanol–water partition coefficient (Wildman–Crippen LogP) is 18.2. The zero-order chi connectivity index (χ0) is 45.2. The lowest BCUT2D eigenvalue weighted by Gasteiger charge is -2.25. The minimum Gasteiger partial charge on any atom is -0.456 e. The summed E-state index contributed by atoms with van der Waals surface area (Å²) in [7, 11) is 0. The lowest BCUT2D eigenvalue weighted by molar-refractivity contribution is 0.668. The van der Waals surface area contributed by atoms with E-state index in [0.717, 1.165) is 109 Å². The van der Waals surface area contributed by atoms with Gasteiger partial charge in [0, 0.05) is 66.7 Å². The van der Waals surface area contributed by atoms with Crippen molar-refractivity contribution in [1.29, 1.82) is 0 Å². The first-order valence-corrected chi connectivity index (χ1v) is 23.9. The zero-order valence-corrected chi connectivity index (χ0v) is 37.6. The number of aromatic nitrogens is 2. The number of pyridine rings is 2. The normalized spacial score (nSPS) is 12.1. The van der Waals surface area contributed by atoms with Crippen molar-refractivity contribution in [2.75, 3.05) is 9.80 Å². The molecule has 0 N–H and O–H groups in total. The van der Waals surface area contributed by atoms with Crippen LogP contribution in [-0.2, 0) is 0 Å². The fourth-order valence-electron chi connectivity index (χ4n) is 10.4. The molecule has 5 heterocycles. The molecule has 15 rings (SSSR count). The molecule has 0 bridgehead atoms. The van der Waals surface area contributed by atoms with Crippen LogP contribution in [0.5, 0.6) is 0 Å². The number of rotatable bonds is 6. The predicted molar refractivity (Wildman–Crippen MR) is 289 cm³/mol. The van der Waals surface area contributed by atoms with E-state index in [2.05, 4.69) is 198 Å². The monoisotopic (exact) mass is 900 g/mol. The van der Waals surface area contributed by atoms with Crippen LogP contribution in [-0.4, -0.2) is 9.97 Å². The van der Waals surface area contributed by atoms with Gasteiger partial charge in [-0.25, -0.2) is 9.97 Å². The summed E-state index contributed by atoms with van der Waals surface area (Å²) in [5, 5.41) is 16.0. The summed E-state index contributed by atoms with van der Waals surface area (Å²) in [6, 6.07) is 75.4. The van der Waals surface area contributed by atoms with E-state index in [0.29, 0.717) is 0 Å². The van der Waals surface area contributed by atoms with E-state index in [-0.39, 0.29) is 0 Å². The molecule has 5 aromatic heterocycles. The Bertz CT molecular complexity index is 4310. The third-order valence-electron chi connectivity index (χ3n) is 13.8. The van der Waals surface area contributed by atoms with Crippen LogP contribution >= 0.6 is 11.3 Å². The van der Waals surface area contributed by atoms with E-state index >= 15 is 0 Å². The Kier molecular flexibility index (Phi) is 8.13. The maximum absolute atomic E-state index is 6.45. The number of hydrogen-bond donors (Lipinski definition) is 0. The Balaban J connectivity index is 0.887. The van der Waals surface area contributed by atoms with E-state index in [1.54, 1.807) is 11.3 Å². The molecule has 0 fully saturated rings. The van der Waals surface area contributed by atoms with Crippen molar-refractivity contribution >= 4 is 153 Å². The fourth-order valence-corrected chi connectivity index (χ4v) is 11.5. The van der Waals surface area contributed by atoms with Crippen LogP contribution in [0.4, 0.5) is 34.4 Å². The van der Waals surface area contributed by atoms with Crippen LogP contribution in [0, 0.1) is 0 Å². The van der Waals surface area contributed by atoms with Gasteiger partial charge in [0.2, 0.25) is 0 Å². The van der Waals surface area contributed by atoms with Gasteiger partial charge in [-0.2, -0.15) is 0 Å². The molecular weight excluding hydrogens is 865 g/mol. The van der Waals surface area contributed by atoms with Crippen LogP contribution < -0.4 is 9.80 Å². The molecule has 7 heteroatoms.